The zero-order valence-electron chi connectivity index (χ0n) is 14.7. The van der Waals surface area contributed by atoms with Gasteiger partial charge in [0.1, 0.15) is 6.10 Å². The van der Waals surface area contributed by atoms with E-state index < -0.39 is 5.79 Å². The summed E-state index contributed by atoms with van der Waals surface area (Å²) >= 11 is 0. The first-order chi connectivity index (χ1) is 11.2. The van der Waals surface area contributed by atoms with E-state index in [1.54, 1.807) is 0 Å². The van der Waals surface area contributed by atoms with E-state index in [1.165, 1.54) is 0 Å². The Hall–Kier alpha value is -0.0452. The summed E-state index contributed by atoms with van der Waals surface area (Å²) in [6.45, 7) is 9.36. The third-order valence-corrected chi connectivity index (χ3v) is 4.95. The number of rotatable bonds is 7. The third kappa shape index (κ3) is 3.37. The van der Waals surface area contributed by atoms with Crippen molar-refractivity contribution < 1.29 is 28.0 Å². The van der Waals surface area contributed by atoms with Crippen LogP contribution in [0.25, 0.3) is 0 Å². The Morgan fingerprint density at radius 2 is 1.78 bits per heavy atom. The van der Waals surface area contributed by atoms with Crippen LogP contribution in [0.5, 0.6) is 0 Å². The molecule has 3 heterocycles. The van der Waals surface area contributed by atoms with Crippen LogP contribution in [-0.4, -0.2) is 58.5 Å². The quantitative estimate of drug-likeness (QED) is 0.668. The maximum Gasteiger partial charge on any atom is 0.459 e. The van der Waals surface area contributed by atoms with E-state index in [9.17, 15) is 0 Å². The Bertz CT molecular complexity index is 399. The third-order valence-electron chi connectivity index (χ3n) is 4.95. The van der Waals surface area contributed by atoms with Crippen molar-refractivity contribution >= 4 is 21.2 Å². The predicted octanol–water partition coefficient (Wildman–Crippen LogP) is 1.98. The molecule has 9 heteroatoms. The summed E-state index contributed by atoms with van der Waals surface area (Å²) in [5.41, 5.74) is 0. The molecular formula is C14H27B3O6. The van der Waals surface area contributed by atoms with Crippen LogP contribution in [0.3, 0.4) is 0 Å². The summed E-state index contributed by atoms with van der Waals surface area (Å²) < 4.78 is 36.3. The second-order valence-electron chi connectivity index (χ2n) is 6.50. The van der Waals surface area contributed by atoms with Gasteiger partial charge in [-0.1, -0.05) is 40.3 Å². The van der Waals surface area contributed by atoms with E-state index in [2.05, 4.69) is 13.8 Å². The fourth-order valence-electron chi connectivity index (χ4n) is 3.51. The van der Waals surface area contributed by atoms with Crippen LogP contribution in [-0.2, 0) is 28.0 Å². The first-order valence-corrected chi connectivity index (χ1v) is 9.05. The van der Waals surface area contributed by atoms with Crippen molar-refractivity contribution in [2.24, 2.45) is 0 Å². The molecule has 0 aromatic rings. The van der Waals surface area contributed by atoms with Gasteiger partial charge in [0.15, 0.2) is 0 Å². The van der Waals surface area contributed by atoms with Crippen molar-refractivity contribution in [1.29, 1.82) is 0 Å². The van der Waals surface area contributed by atoms with E-state index in [0.29, 0.717) is 13.2 Å². The molecule has 3 saturated heterocycles. The molecule has 23 heavy (non-hydrogen) atoms. The molecule has 6 nitrogen and oxygen atoms in total. The molecular weight excluding hydrogens is 297 g/mol. The molecule has 3 aliphatic heterocycles. The molecule has 4 atom stereocenters. The largest absolute Gasteiger partial charge is 0.459 e. The lowest BCUT2D eigenvalue weighted by molar-refractivity contribution is -0.267. The Labute approximate surface area is 140 Å². The Morgan fingerprint density at radius 3 is 2.43 bits per heavy atom. The van der Waals surface area contributed by atoms with Crippen molar-refractivity contribution in [2.45, 2.75) is 77.1 Å². The van der Waals surface area contributed by atoms with Gasteiger partial charge < -0.3 is 28.0 Å². The van der Waals surface area contributed by atoms with Crippen LogP contribution in [0.1, 0.15) is 27.7 Å². The first kappa shape index (κ1) is 17.8. The summed E-state index contributed by atoms with van der Waals surface area (Å²) in [7, 11) is -0.470. The zero-order valence-corrected chi connectivity index (χ0v) is 14.7. The minimum Gasteiger partial charge on any atom is -0.430 e. The second kappa shape index (κ2) is 7.46. The van der Waals surface area contributed by atoms with Crippen LogP contribution in [0.15, 0.2) is 0 Å². The highest BCUT2D eigenvalue weighted by atomic mass is 16.8. The Morgan fingerprint density at radius 1 is 1.04 bits per heavy atom. The summed E-state index contributed by atoms with van der Waals surface area (Å²) in [5.74, 6) is -0.879. The van der Waals surface area contributed by atoms with Crippen LogP contribution in [0.2, 0.25) is 25.3 Å². The summed E-state index contributed by atoms with van der Waals surface area (Å²) in [6.07, 6.45) is 2.97. The van der Waals surface area contributed by atoms with E-state index in [4.69, 9.17) is 28.0 Å². The van der Waals surface area contributed by atoms with Crippen molar-refractivity contribution in [3.63, 3.8) is 0 Å². The predicted molar refractivity (Wildman–Crippen MR) is 89.5 cm³/mol. The van der Waals surface area contributed by atoms with Crippen molar-refractivity contribution in [3.05, 3.63) is 0 Å². The molecule has 0 unspecified atom stereocenters. The van der Waals surface area contributed by atoms with Gasteiger partial charge in [-0.3, -0.25) is 0 Å². The molecule has 0 radical (unpaired) electrons. The molecule has 0 spiro atoms. The van der Waals surface area contributed by atoms with Crippen molar-refractivity contribution in [3.8, 4) is 0 Å². The molecule has 0 saturated carbocycles. The summed E-state index contributed by atoms with van der Waals surface area (Å²) in [4.78, 5) is 0. The van der Waals surface area contributed by atoms with Crippen LogP contribution < -0.4 is 0 Å². The highest BCUT2D eigenvalue weighted by Gasteiger charge is 2.63. The molecule has 0 aromatic carbocycles. The van der Waals surface area contributed by atoms with Crippen LogP contribution in [0.4, 0.5) is 0 Å². The van der Waals surface area contributed by atoms with Gasteiger partial charge in [-0.2, -0.15) is 0 Å². The standard InChI is InChI=1S/C14H27B3O6/c1-5-15(6-2)19-10-14-13(22-17(8-4)23-14)12-11(9-18-14)20-16(7-3)21-12/h11-13H,5-10H2,1-4H3/t11-,12-,13+,14+/m1/s1. The summed E-state index contributed by atoms with van der Waals surface area (Å²) in [5, 5.41) is 0. The maximum atomic E-state index is 6.11. The molecule has 0 bridgehead atoms. The van der Waals surface area contributed by atoms with Gasteiger partial charge in [-0.05, 0) is 12.6 Å². The lowest BCUT2D eigenvalue weighted by Crippen LogP contribution is -2.60. The molecule has 0 aliphatic carbocycles. The lowest BCUT2D eigenvalue weighted by Gasteiger charge is -2.42. The zero-order chi connectivity index (χ0) is 16.4. The second-order valence-corrected chi connectivity index (χ2v) is 6.50. The van der Waals surface area contributed by atoms with E-state index in [0.717, 1.165) is 25.3 Å². The minimum absolute atomic E-state index is 0.0922. The van der Waals surface area contributed by atoms with E-state index in [1.807, 2.05) is 13.8 Å². The van der Waals surface area contributed by atoms with Gasteiger partial charge in [-0.15, -0.1) is 0 Å². The smallest absolute Gasteiger partial charge is 0.430 e. The number of fused-ring (bicyclic) bond motifs is 3. The SMILES string of the molecule is CCB(CC)OC[C@@]12OC[C@H]3OB(CC)O[C@H]3[C@@H]1OB(CC)O2. The topological polar surface area (TPSA) is 55.4 Å². The number of ether oxygens (including phenoxy) is 1. The average Bonchev–Trinajstić information content (AvgIpc) is 3.16. The lowest BCUT2D eigenvalue weighted by atomic mass is 9.62. The molecule has 3 fully saturated rings. The average molecular weight is 324 g/mol. The highest BCUT2D eigenvalue weighted by Crippen LogP contribution is 2.42. The molecule has 3 rings (SSSR count). The maximum absolute atomic E-state index is 6.11. The van der Waals surface area contributed by atoms with Gasteiger partial charge >= 0.3 is 14.2 Å². The van der Waals surface area contributed by atoms with Gasteiger partial charge in [0.05, 0.1) is 25.4 Å². The molecule has 0 N–H and O–H groups in total. The van der Waals surface area contributed by atoms with Crippen LogP contribution >= 0.6 is 0 Å². The van der Waals surface area contributed by atoms with Gasteiger partial charge in [-0.25, -0.2) is 0 Å². The first-order valence-electron chi connectivity index (χ1n) is 9.05. The van der Waals surface area contributed by atoms with E-state index >= 15 is 0 Å². The van der Waals surface area contributed by atoms with Crippen molar-refractivity contribution in [1.82, 2.24) is 0 Å². The van der Waals surface area contributed by atoms with Crippen LogP contribution in [0, 0.1) is 0 Å². The molecule has 0 aromatic heterocycles. The Balaban J connectivity index is 1.74. The highest BCUT2D eigenvalue weighted by molar-refractivity contribution is 6.51. The number of hydrogen-bond donors (Lipinski definition) is 0. The van der Waals surface area contributed by atoms with Gasteiger partial charge in [0, 0.05) is 0 Å². The fraction of sp³-hybridized carbons (Fsp3) is 1.00. The normalized spacial score (nSPS) is 36.3. The van der Waals surface area contributed by atoms with Gasteiger partial charge in [0.2, 0.25) is 5.79 Å². The van der Waals surface area contributed by atoms with Gasteiger partial charge in [0.25, 0.3) is 6.92 Å². The molecule has 128 valence electrons. The monoisotopic (exact) mass is 324 g/mol. The fourth-order valence-corrected chi connectivity index (χ4v) is 3.51. The molecule has 0 amide bonds. The number of hydrogen-bond acceptors (Lipinski definition) is 6. The minimum atomic E-state index is -0.879. The summed E-state index contributed by atoms with van der Waals surface area (Å²) in [6, 6.07) is 0. The van der Waals surface area contributed by atoms with E-state index in [-0.39, 0.29) is 39.5 Å². The molecule has 3 aliphatic rings. The Kier molecular flexibility index (Phi) is 5.76. The van der Waals surface area contributed by atoms with Crippen molar-refractivity contribution in [2.75, 3.05) is 13.2 Å².